The Morgan fingerprint density at radius 3 is 1.11 bits per heavy atom. The summed E-state index contributed by atoms with van der Waals surface area (Å²) in [5.41, 5.74) is 2.86. The maximum atomic E-state index is 3.63. The van der Waals surface area contributed by atoms with Crippen LogP contribution in [0.15, 0.2) is 24.3 Å². The maximum Gasteiger partial charge on any atom is 0.0234 e. The summed E-state index contributed by atoms with van der Waals surface area (Å²) < 4.78 is 0. The van der Waals surface area contributed by atoms with Crippen molar-refractivity contribution in [2.45, 2.75) is 46.2 Å². The van der Waals surface area contributed by atoms with Gasteiger partial charge in [0, 0.05) is 65.4 Å². The minimum absolute atomic E-state index is 0. The molecule has 0 aromatic heterocycles. The summed E-state index contributed by atoms with van der Waals surface area (Å²) in [6.07, 6.45) is 4.80. The van der Waals surface area contributed by atoms with Crippen LogP contribution in [0.3, 0.4) is 0 Å². The maximum absolute atomic E-state index is 3.63. The molecule has 8 nitrogen and oxygen atoms in total. The van der Waals surface area contributed by atoms with Gasteiger partial charge in [-0.1, -0.05) is 31.7 Å². The molecule has 1 aromatic carbocycles. The molecule has 2 aliphatic rings. The van der Waals surface area contributed by atoms with E-state index in [-0.39, 0.29) is 7.43 Å². The van der Waals surface area contributed by atoms with Gasteiger partial charge in [-0.2, -0.15) is 0 Å². The zero-order valence-corrected chi connectivity index (χ0v) is 22.8. The lowest BCUT2D eigenvalue weighted by atomic mass is 10.1. The van der Waals surface area contributed by atoms with E-state index in [1.165, 1.54) is 36.8 Å². The summed E-state index contributed by atoms with van der Waals surface area (Å²) in [7, 11) is 0. The lowest BCUT2D eigenvalue weighted by Crippen LogP contribution is -2.36. The van der Waals surface area contributed by atoms with Crippen molar-refractivity contribution in [3.63, 3.8) is 0 Å². The molecule has 0 unspecified atom stereocenters. The van der Waals surface area contributed by atoms with E-state index in [1.54, 1.807) is 0 Å². The Morgan fingerprint density at radius 1 is 0.405 bits per heavy atom. The smallest absolute Gasteiger partial charge is 0.0234 e. The SMILES string of the molecule is C.c1cc(CN2CCCNCCNCCCNCC2)ccc1CN1CCCNCCNCCCNCC1. The third-order valence-corrected chi connectivity index (χ3v) is 7.07. The Kier molecular flexibility index (Phi) is 18.9. The summed E-state index contributed by atoms with van der Waals surface area (Å²) in [6.45, 7) is 19.6. The van der Waals surface area contributed by atoms with Crippen LogP contribution in [0.1, 0.15) is 44.2 Å². The first kappa shape index (κ1) is 32.1. The predicted molar refractivity (Wildman–Crippen MR) is 159 cm³/mol. The van der Waals surface area contributed by atoms with Gasteiger partial charge in [0.2, 0.25) is 0 Å². The van der Waals surface area contributed by atoms with E-state index >= 15 is 0 Å². The molecule has 2 fully saturated rings. The highest BCUT2D eigenvalue weighted by molar-refractivity contribution is 5.22. The molecule has 3 rings (SSSR count). The normalized spacial score (nSPS) is 22.3. The predicted octanol–water partition coefficient (Wildman–Crippen LogP) is 1.05. The fraction of sp³-hybridized carbons (Fsp3) is 0.793. The Bertz CT molecular complexity index is 558. The van der Waals surface area contributed by atoms with Crippen molar-refractivity contribution in [2.24, 2.45) is 0 Å². The molecule has 214 valence electrons. The molecule has 0 spiro atoms. The fourth-order valence-corrected chi connectivity index (χ4v) is 4.92. The summed E-state index contributed by atoms with van der Waals surface area (Å²) in [5.74, 6) is 0. The molecule has 2 heterocycles. The highest BCUT2D eigenvalue weighted by Crippen LogP contribution is 2.11. The van der Waals surface area contributed by atoms with Gasteiger partial charge in [0.1, 0.15) is 0 Å². The molecular formula is C29H58N8. The standard InChI is InChI=1S/C28H54N8.CH4/c1-9-29-15-17-31-13-3-21-35(23-19-33-11-1)25-27-5-7-28(8-6-27)26-36-22-4-14-32-18-16-30-10-2-12-34-20-24-36;/h5-8,29-34H,1-4,9-26H2;1H4. The molecule has 0 atom stereocenters. The van der Waals surface area contributed by atoms with Crippen LogP contribution in [0, 0.1) is 0 Å². The van der Waals surface area contributed by atoms with Gasteiger partial charge in [0.15, 0.2) is 0 Å². The average Bonchev–Trinajstić information content (AvgIpc) is 2.89. The minimum Gasteiger partial charge on any atom is -0.315 e. The highest BCUT2D eigenvalue weighted by atomic mass is 15.1. The van der Waals surface area contributed by atoms with Crippen LogP contribution >= 0.6 is 0 Å². The largest absolute Gasteiger partial charge is 0.315 e. The van der Waals surface area contributed by atoms with Gasteiger partial charge in [0.25, 0.3) is 0 Å². The number of hydrogen-bond acceptors (Lipinski definition) is 8. The molecule has 0 amide bonds. The first-order chi connectivity index (χ1) is 17.9. The molecule has 0 bridgehead atoms. The monoisotopic (exact) mass is 518 g/mol. The zero-order valence-electron chi connectivity index (χ0n) is 22.8. The van der Waals surface area contributed by atoms with E-state index < -0.39 is 0 Å². The van der Waals surface area contributed by atoms with E-state index in [1.807, 2.05) is 0 Å². The van der Waals surface area contributed by atoms with Gasteiger partial charge in [-0.15, -0.1) is 0 Å². The number of benzene rings is 1. The van der Waals surface area contributed by atoms with Crippen molar-refractivity contribution in [3.05, 3.63) is 35.4 Å². The molecule has 2 saturated heterocycles. The minimum atomic E-state index is 0. The van der Waals surface area contributed by atoms with Gasteiger partial charge in [-0.3, -0.25) is 9.80 Å². The quantitative estimate of drug-likeness (QED) is 0.353. The van der Waals surface area contributed by atoms with Crippen LogP contribution in [0.5, 0.6) is 0 Å². The molecule has 6 N–H and O–H groups in total. The van der Waals surface area contributed by atoms with Crippen LogP contribution in [0.4, 0.5) is 0 Å². The van der Waals surface area contributed by atoms with Gasteiger partial charge in [0.05, 0.1) is 0 Å². The molecule has 0 radical (unpaired) electrons. The molecule has 0 aliphatic carbocycles. The molecular weight excluding hydrogens is 460 g/mol. The third kappa shape index (κ3) is 15.8. The van der Waals surface area contributed by atoms with E-state index in [2.05, 4.69) is 66.0 Å². The van der Waals surface area contributed by atoms with E-state index in [0.717, 1.165) is 118 Å². The molecule has 0 saturated carbocycles. The van der Waals surface area contributed by atoms with Crippen molar-refractivity contribution in [2.75, 3.05) is 105 Å². The fourth-order valence-electron chi connectivity index (χ4n) is 4.92. The Morgan fingerprint density at radius 2 is 0.730 bits per heavy atom. The van der Waals surface area contributed by atoms with Crippen LogP contribution in [0.2, 0.25) is 0 Å². The van der Waals surface area contributed by atoms with E-state index in [4.69, 9.17) is 0 Å². The topological polar surface area (TPSA) is 78.7 Å². The first-order valence-corrected chi connectivity index (χ1v) is 14.7. The van der Waals surface area contributed by atoms with Crippen molar-refractivity contribution in [1.82, 2.24) is 41.7 Å². The molecule has 1 aromatic rings. The van der Waals surface area contributed by atoms with Gasteiger partial charge in [-0.25, -0.2) is 0 Å². The van der Waals surface area contributed by atoms with Crippen molar-refractivity contribution >= 4 is 0 Å². The van der Waals surface area contributed by atoms with Crippen LogP contribution in [-0.4, -0.2) is 115 Å². The zero-order chi connectivity index (χ0) is 24.9. The second-order valence-electron chi connectivity index (χ2n) is 10.3. The van der Waals surface area contributed by atoms with Crippen LogP contribution in [-0.2, 0) is 13.1 Å². The Labute approximate surface area is 228 Å². The second-order valence-corrected chi connectivity index (χ2v) is 10.3. The van der Waals surface area contributed by atoms with E-state index in [0.29, 0.717) is 0 Å². The van der Waals surface area contributed by atoms with Gasteiger partial charge >= 0.3 is 0 Å². The second kappa shape index (κ2) is 21.8. The van der Waals surface area contributed by atoms with Crippen molar-refractivity contribution in [3.8, 4) is 0 Å². The Hall–Kier alpha value is -1.10. The van der Waals surface area contributed by atoms with Crippen molar-refractivity contribution in [1.29, 1.82) is 0 Å². The number of nitrogens with zero attached hydrogens (tertiary/aromatic N) is 2. The lowest BCUT2D eigenvalue weighted by molar-refractivity contribution is 0.258. The number of hydrogen-bond donors (Lipinski definition) is 6. The summed E-state index contributed by atoms with van der Waals surface area (Å²) in [4.78, 5) is 5.23. The van der Waals surface area contributed by atoms with Crippen LogP contribution < -0.4 is 31.9 Å². The average molecular weight is 519 g/mol. The van der Waals surface area contributed by atoms with Crippen LogP contribution in [0.25, 0.3) is 0 Å². The highest BCUT2D eigenvalue weighted by Gasteiger charge is 2.09. The van der Waals surface area contributed by atoms with Crippen molar-refractivity contribution < 1.29 is 0 Å². The summed E-state index contributed by atoms with van der Waals surface area (Å²) in [5, 5.41) is 21.4. The lowest BCUT2D eigenvalue weighted by Gasteiger charge is -2.24. The molecule has 8 heteroatoms. The van der Waals surface area contributed by atoms with Gasteiger partial charge < -0.3 is 31.9 Å². The summed E-state index contributed by atoms with van der Waals surface area (Å²) in [6, 6.07) is 9.42. The molecule has 2 aliphatic heterocycles. The first-order valence-electron chi connectivity index (χ1n) is 14.7. The van der Waals surface area contributed by atoms with Gasteiger partial charge in [-0.05, 0) is 89.2 Å². The third-order valence-electron chi connectivity index (χ3n) is 7.07. The molecule has 37 heavy (non-hydrogen) atoms. The summed E-state index contributed by atoms with van der Waals surface area (Å²) >= 11 is 0. The van der Waals surface area contributed by atoms with E-state index in [9.17, 15) is 0 Å². The number of rotatable bonds is 4. The Balaban J connectivity index is 0.00000481. The number of nitrogens with one attached hydrogen (secondary N) is 6.